The van der Waals surface area contributed by atoms with E-state index in [1.165, 1.54) is 0 Å². The van der Waals surface area contributed by atoms with Gasteiger partial charge >= 0.3 is 5.97 Å². The number of likely N-dealkylation sites (tertiary alicyclic amines) is 1. The Morgan fingerprint density at radius 1 is 1.25 bits per heavy atom. The van der Waals surface area contributed by atoms with Crippen molar-refractivity contribution in [2.75, 3.05) is 13.1 Å². The number of benzene rings is 1. The molecule has 1 fully saturated rings. The van der Waals surface area contributed by atoms with Crippen molar-refractivity contribution in [3.05, 3.63) is 35.9 Å². The zero-order valence-electron chi connectivity index (χ0n) is 12.2. The molecule has 0 aliphatic carbocycles. The molecule has 0 bridgehead atoms. The maximum absolute atomic E-state index is 12.7. The second-order valence-electron chi connectivity index (χ2n) is 6.33. The second kappa shape index (κ2) is 4.93. The molecule has 0 radical (unpaired) electrons. The van der Waals surface area contributed by atoms with Crippen molar-refractivity contribution in [3.63, 3.8) is 0 Å². The molecule has 1 saturated heterocycles. The van der Waals surface area contributed by atoms with E-state index in [0.717, 1.165) is 5.56 Å². The third-order valence-electron chi connectivity index (χ3n) is 4.31. The fraction of sp³-hybridized carbons (Fsp3) is 0.500. The second-order valence-corrected chi connectivity index (χ2v) is 6.33. The van der Waals surface area contributed by atoms with Gasteiger partial charge in [-0.05, 0) is 32.8 Å². The number of carbonyl (C=O) groups excluding carboxylic acids is 1. The number of carboxylic acids is 1. The first kappa shape index (κ1) is 14.6. The van der Waals surface area contributed by atoms with Crippen molar-refractivity contribution in [2.45, 2.75) is 32.6 Å². The summed E-state index contributed by atoms with van der Waals surface area (Å²) < 4.78 is 0. The highest BCUT2D eigenvalue weighted by molar-refractivity contribution is 5.88. The van der Waals surface area contributed by atoms with E-state index in [1.54, 1.807) is 11.8 Å². The molecule has 2 rings (SSSR count). The summed E-state index contributed by atoms with van der Waals surface area (Å²) in [5.41, 5.74) is -0.498. The molecule has 20 heavy (non-hydrogen) atoms. The molecule has 1 amide bonds. The monoisotopic (exact) mass is 275 g/mol. The van der Waals surface area contributed by atoms with Crippen molar-refractivity contribution in [1.82, 2.24) is 4.90 Å². The summed E-state index contributed by atoms with van der Waals surface area (Å²) in [6.45, 7) is 6.29. The lowest BCUT2D eigenvalue weighted by Gasteiger charge is -2.30. The highest BCUT2D eigenvalue weighted by atomic mass is 16.4. The first-order chi connectivity index (χ1) is 9.27. The van der Waals surface area contributed by atoms with Gasteiger partial charge in [0.05, 0.1) is 10.8 Å². The van der Waals surface area contributed by atoms with Crippen molar-refractivity contribution >= 4 is 11.9 Å². The molecule has 1 aromatic rings. The number of hydrogen-bond acceptors (Lipinski definition) is 2. The Morgan fingerprint density at radius 2 is 1.85 bits per heavy atom. The van der Waals surface area contributed by atoms with Crippen molar-refractivity contribution in [2.24, 2.45) is 5.41 Å². The van der Waals surface area contributed by atoms with Gasteiger partial charge in [0.25, 0.3) is 0 Å². The number of aliphatic carboxylic acids is 1. The van der Waals surface area contributed by atoms with Crippen LogP contribution >= 0.6 is 0 Å². The van der Waals surface area contributed by atoms with Crippen LogP contribution in [0.4, 0.5) is 0 Å². The Labute approximate surface area is 119 Å². The first-order valence-electron chi connectivity index (χ1n) is 6.86. The van der Waals surface area contributed by atoms with Crippen LogP contribution in [0.2, 0.25) is 0 Å². The predicted octanol–water partition coefficient (Wildman–Crippen LogP) is 2.29. The number of carboxylic acid groups (broad SMARTS) is 1. The predicted molar refractivity (Wildman–Crippen MR) is 76.4 cm³/mol. The molecule has 1 aliphatic rings. The van der Waals surface area contributed by atoms with Gasteiger partial charge in [0.1, 0.15) is 0 Å². The van der Waals surface area contributed by atoms with Gasteiger partial charge in [0.15, 0.2) is 0 Å². The van der Waals surface area contributed by atoms with E-state index in [4.69, 9.17) is 0 Å². The standard InChI is InChI=1S/C16H21NO3/c1-15(2,12-7-5-4-6-8-12)13(18)17-10-9-16(3,11-17)14(19)20/h4-8H,9-11H2,1-3H3,(H,19,20). The molecule has 1 N–H and O–H groups in total. The first-order valence-corrected chi connectivity index (χ1v) is 6.86. The lowest BCUT2D eigenvalue weighted by atomic mass is 9.83. The van der Waals surface area contributed by atoms with Crippen LogP contribution in [0.25, 0.3) is 0 Å². The Hall–Kier alpha value is -1.84. The fourth-order valence-corrected chi connectivity index (χ4v) is 2.68. The van der Waals surface area contributed by atoms with E-state index in [9.17, 15) is 14.7 Å². The van der Waals surface area contributed by atoms with E-state index in [1.807, 2.05) is 44.2 Å². The van der Waals surface area contributed by atoms with Crippen LogP contribution in [0.3, 0.4) is 0 Å². The van der Waals surface area contributed by atoms with Crippen LogP contribution < -0.4 is 0 Å². The lowest BCUT2D eigenvalue weighted by Crippen LogP contribution is -2.43. The molecule has 1 aliphatic heterocycles. The summed E-state index contributed by atoms with van der Waals surface area (Å²) in [5, 5.41) is 9.25. The quantitative estimate of drug-likeness (QED) is 0.920. The maximum Gasteiger partial charge on any atom is 0.311 e. The largest absolute Gasteiger partial charge is 0.481 e. The van der Waals surface area contributed by atoms with Crippen LogP contribution in [-0.4, -0.2) is 35.0 Å². The number of rotatable bonds is 3. The van der Waals surface area contributed by atoms with Crippen molar-refractivity contribution < 1.29 is 14.7 Å². The topological polar surface area (TPSA) is 57.6 Å². The summed E-state index contributed by atoms with van der Waals surface area (Å²) >= 11 is 0. The van der Waals surface area contributed by atoms with E-state index in [0.29, 0.717) is 13.0 Å². The summed E-state index contributed by atoms with van der Waals surface area (Å²) in [6, 6.07) is 9.61. The van der Waals surface area contributed by atoms with Crippen LogP contribution in [0.15, 0.2) is 30.3 Å². The molecular formula is C16H21NO3. The highest BCUT2D eigenvalue weighted by Crippen LogP contribution is 2.34. The summed E-state index contributed by atoms with van der Waals surface area (Å²) in [6.07, 6.45) is 0.513. The molecule has 1 atom stereocenters. The normalized spacial score (nSPS) is 22.9. The number of nitrogens with zero attached hydrogens (tertiary/aromatic N) is 1. The van der Waals surface area contributed by atoms with E-state index >= 15 is 0 Å². The molecule has 1 heterocycles. The molecule has 0 saturated carbocycles. The van der Waals surface area contributed by atoms with Gasteiger partial charge in [-0.1, -0.05) is 30.3 Å². The average Bonchev–Trinajstić information content (AvgIpc) is 2.83. The Kier molecular flexibility index (Phi) is 3.59. The molecule has 1 aromatic carbocycles. The zero-order chi connectivity index (χ0) is 15.0. The van der Waals surface area contributed by atoms with E-state index in [2.05, 4.69) is 0 Å². The van der Waals surface area contributed by atoms with Gasteiger partial charge in [-0.15, -0.1) is 0 Å². The molecule has 0 aromatic heterocycles. The van der Waals surface area contributed by atoms with Crippen LogP contribution in [0.5, 0.6) is 0 Å². The third kappa shape index (κ3) is 2.42. The summed E-state index contributed by atoms with van der Waals surface area (Å²) in [5.74, 6) is -0.834. The van der Waals surface area contributed by atoms with Gasteiger partial charge in [-0.2, -0.15) is 0 Å². The molecule has 108 valence electrons. The number of carbonyl (C=O) groups is 2. The van der Waals surface area contributed by atoms with Crippen molar-refractivity contribution in [1.29, 1.82) is 0 Å². The van der Waals surface area contributed by atoms with Gasteiger partial charge in [-0.3, -0.25) is 9.59 Å². The minimum absolute atomic E-state index is 0.00586. The van der Waals surface area contributed by atoms with Gasteiger partial charge in [0.2, 0.25) is 5.91 Å². The van der Waals surface area contributed by atoms with Crippen molar-refractivity contribution in [3.8, 4) is 0 Å². The number of hydrogen-bond donors (Lipinski definition) is 1. The Bertz CT molecular complexity index is 524. The Morgan fingerprint density at radius 3 is 2.35 bits per heavy atom. The summed E-state index contributed by atoms with van der Waals surface area (Å²) in [7, 11) is 0. The summed E-state index contributed by atoms with van der Waals surface area (Å²) in [4.78, 5) is 25.7. The maximum atomic E-state index is 12.7. The zero-order valence-corrected chi connectivity index (χ0v) is 12.2. The third-order valence-corrected chi connectivity index (χ3v) is 4.31. The lowest BCUT2D eigenvalue weighted by molar-refractivity contribution is -0.147. The van der Waals surface area contributed by atoms with Crippen LogP contribution in [-0.2, 0) is 15.0 Å². The molecular weight excluding hydrogens is 254 g/mol. The molecule has 4 nitrogen and oxygen atoms in total. The van der Waals surface area contributed by atoms with Gasteiger partial charge in [0, 0.05) is 13.1 Å². The van der Waals surface area contributed by atoms with Crippen LogP contribution in [0, 0.1) is 5.41 Å². The molecule has 1 unspecified atom stereocenters. The minimum Gasteiger partial charge on any atom is -0.481 e. The molecule has 0 spiro atoms. The van der Waals surface area contributed by atoms with Crippen LogP contribution in [0.1, 0.15) is 32.8 Å². The SMILES string of the molecule is CC1(C(=O)O)CCN(C(=O)C(C)(C)c2ccccc2)C1. The Balaban J connectivity index is 2.19. The smallest absolute Gasteiger partial charge is 0.311 e. The minimum atomic E-state index is -0.828. The van der Waals surface area contributed by atoms with Gasteiger partial charge in [-0.25, -0.2) is 0 Å². The van der Waals surface area contributed by atoms with E-state index < -0.39 is 16.8 Å². The molecule has 4 heteroatoms. The highest BCUT2D eigenvalue weighted by Gasteiger charge is 2.45. The van der Waals surface area contributed by atoms with Gasteiger partial charge < -0.3 is 10.0 Å². The van der Waals surface area contributed by atoms with E-state index in [-0.39, 0.29) is 12.5 Å². The average molecular weight is 275 g/mol. The fourth-order valence-electron chi connectivity index (χ4n) is 2.68. The number of amides is 1.